The maximum Gasteiger partial charge on any atom is 0.254 e. The van der Waals surface area contributed by atoms with Gasteiger partial charge in [-0.15, -0.1) is 0 Å². The van der Waals surface area contributed by atoms with Crippen LogP contribution < -0.4 is 4.57 Å². The molecule has 1 aromatic heterocycles. The second-order valence-electron chi connectivity index (χ2n) is 7.09. The zero-order valence-electron chi connectivity index (χ0n) is 15.9. The maximum atomic E-state index is 3.45. The molecular weight excluding hydrogens is 280 g/mol. The number of aryl methyl sites for hydroxylation is 2. The standard InChI is InChI=1S/C21H40N2/c1-3-5-7-9-11-12-14-16-19-23-20-18-22-21(23)17-15-13-10-8-6-4-2/h18,20H,3-17,19H2,1-2H3/p+1. The van der Waals surface area contributed by atoms with E-state index < -0.39 is 0 Å². The van der Waals surface area contributed by atoms with Crippen LogP contribution in [-0.2, 0) is 13.0 Å². The van der Waals surface area contributed by atoms with E-state index in [4.69, 9.17) is 0 Å². The monoisotopic (exact) mass is 321 g/mol. The number of hydrogen-bond donors (Lipinski definition) is 1. The first-order valence-corrected chi connectivity index (χ1v) is 10.4. The van der Waals surface area contributed by atoms with Gasteiger partial charge in [-0.2, -0.15) is 0 Å². The van der Waals surface area contributed by atoms with E-state index >= 15 is 0 Å². The summed E-state index contributed by atoms with van der Waals surface area (Å²) in [5.74, 6) is 1.43. The van der Waals surface area contributed by atoms with Crippen LogP contribution in [0.15, 0.2) is 12.4 Å². The van der Waals surface area contributed by atoms with Gasteiger partial charge in [0.2, 0.25) is 0 Å². The van der Waals surface area contributed by atoms with Crippen LogP contribution >= 0.6 is 0 Å². The van der Waals surface area contributed by atoms with Crippen molar-refractivity contribution in [1.29, 1.82) is 0 Å². The summed E-state index contributed by atoms with van der Waals surface area (Å²) in [4.78, 5) is 3.45. The number of unbranched alkanes of at least 4 members (excludes halogenated alkanes) is 12. The van der Waals surface area contributed by atoms with Crippen molar-refractivity contribution >= 4 is 0 Å². The predicted octanol–water partition coefficient (Wildman–Crippen LogP) is 6.35. The van der Waals surface area contributed by atoms with Gasteiger partial charge < -0.3 is 0 Å². The van der Waals surface area contributed by atoms with Gasteiger partial charge in [0.15, 0.2) is 0 Å². The average Bonchev–Trinajstić information content (AvgIpc) is 3.01. The normalized spacial score (nSPS) is 11.2. The Morgan fingerprint density at radius 2 is 1.22 bits per heavy atom. The highest BCUT2D eigenvalue weighted by Crippen LogP contribution is 2.09. The molecule has 0 radical (unpaired) electrons. The Morgan fingerprint density at radius 1 is 0.696 bits per heavy atom. The van der Waals surface area contributed by atoms with Gasteiger partial charge in [0.1, 0.15) is 12.4 Å². The molecule has 0 fully saturated rings. The van der Waals surface area contributed by atoms with Gasteiger partial charge in [-0.05, 0) is 19.3 Å². The van der Waals surface area contributed by atoms with Crippen molar-refractivity contribution in [3.05, 3.63) is 18.2 Å². The van der Waals surface area contributed by atoms with Crippen LogP contribution in [0.25, 0.3) is 0 Å². The SMILES string of the molecule is CCCCCCCCCC[n+]1cc[nH]c1CCCCCCCC. The first-order valence-electron chi connectivity index (χ1n) is 10.4. The molecule has 2 nitrogen and oxygen atoms in total. The summed E-state index contributed by atoms with van der Waals surface area (Å²) in [5.41, 5.74) is 0. The highest BCUT2D eigenvalue weighted by atomic mass is 15.1. The summed E-state index contributed by atoms with van der Waals surface area (Å²) in [6, 6.07) is 0. The number of rotatable bonds is 16. The Labute approximate surface area is 145 Å². The molecule has 2 heteroatoms. The number of nitrogens with zero attached hydrogens (tertiary/aromatic N) is 1. The third-order valence-corrected chi connectivity index (χ3v) is 4.87. The number of aromatic nitrogens is 2. The lowest BCUT2D eigenvalue weighted by molar-refractivity contribution is -0.703. The van der Waals surface area contributed by atoms with Gasteiger partial charge in [-0.3, -0.25) is 0 Å². The van der Waals surface area contributed by atoms with E-state index in [0.717, 1.165) is 0 Å². The molecule has 0 aliphatic heterocycles. The Bertz CT molecular complexity index is 356. The molecule has 0 spiro atoms. The molecule has 134 valence electrons. The van der Waals surface area contributed by atoms with Crippen molar-refractivity contribution in [3.8, 4) is 0 Å². The van der Waals surface area contributed by atoms with Crippen LogP contribution in [-0.4, -0.2) is 4.98 Å². The summed E-state index contributed by atoms with van der Waals surface area (Å²) < 4.78 is 2.45. The topological polar surface area (TPSA) is 19.7 Å². The highest BCUT2D eigenvalue weighted by molar-refractivity contribution is 4.77. The van der Waals surface area contributed by atoms with Crippen molar-refractivity contribution < 1.29 is 4.57 Å². The first-order chi connectivity index (χ1) is 11.4. The molecule has 0 amide bonds. The van der Waals surface area contributed by atoms with E-state index in [0.29, 0.717) is 0 Å². The molecule has 0 aliphatic rings. The van der Waals surface area contributed by atoms with Crippen LogP contribution in [0.1, 0.15) is 110 Å². The van der Waals surface area contributed by atoms with E-state index in [1.807, 2.05) is 0 Å². The Kier molecular flexibility index (Phi) is 13.0. The average molecular weight is 322 g/mol. The van der Waals surface area contributed by atoms with Crippen LogP contribution in [0.2, 0.25) is 0 Å². The summed E-state index contributed by atoms with van der Waals surface area (Å²) >= 11 is 0. The van der Waals surface area contributed by atoms with Gasteiger partial charge in [0.25, 0.3) is 5.82 Å². The molecule has 0 atom stereocenters. The van der Waals surface area contributed by atoms with Crippen molar-refractivity contribution in [3.63, 3.8) is 0 Å². The third kappa shape index (κ3) is 10.6. The lowest BCUT2D eigenvalue weighted by Gasteiger charge is -2.03. The summed E-state index contributed by atoms with van der Waals surface area (Å²) in [6.07, 6.45) is 25.1. The molecule has 1 rings (SSSR count). The quantitative estimate of drug-likeness (QED) is 0.270. The van der Waals surface area contributed by atoms with Gasteiger partial charge in [-0.1, -0.05) is 84.5 Å². The fourth-order valence-electron chi connectivity index (χ4n) is 3.31. The van der Waals surface area contributed by atoms with Crippen LogP contribution in [0.5, 0.6) is 0 Å². The first kappa shape index (κ1) is 20.3. The van der Waals surface area contributed by atoms with E-state index in [1.165, 1.54) is 109 Å². The van der Waals surface area contributed by atoms with Crippen molar-refractivity contribution in [2.24, 2.45) is 0 Å². The molecule has 23 heavy (non-hydrogen) atoms. The lowest BCUT2D eigenvalue weighted by Crippen LogP contribution is -2.36. The molecule has 1 heterocycles. The molecule has 1 aromatic rings. The summed E-state index contributed by atoms with van der Waals surface area (Å²) in [6.45, 7) is 5.77. The van der Waals surface area contributed by atoms with Gasteiger partial charge in [0.05, 0.1) is 6.54 Å². The van der Waals surface area contributed by atoms with Gasteiger partial charge in [-0.25, -0.2) is 9.55 Å². The zero-order valence-corrected chi connectivity index (χ0v) is 15.9. The minimum absolute atomic E-state index is 1.20. The smallest absolute Gasteiger partial charge is 0.248 e. The van der Waals surface area contributed by atoms with E-state index in [1.54, 1.807) is 0 Å². The van der Waals surface area contributed by atoms with E-state index in [9.17, 15) is 0 Å². The molecule has 1 N–H and O–H groups in total. The fraction of sp³-hybridized carbons (Fsp3) is 0.857. The number of H-pyrrole nitrogens is 1. The Balaban J connectivity index is 2.03. The third-order valence-electron chi connectivity index (χ3n) is 4.87. The second-order valence-corrected chi connectivity index (χ2v) is 7.09. The molecule has 0 aliphatic carbocycles. The minimum Gasteiger partial charge on any atom is -0.248 e. The van der Waals surface area contributed by atoms with Crippen molar-refractivity contribution in [2.75, 3.05) is 0 Å². The van der Waals surface area contributed by atoms with Gasteiger partial charge >= 0.3 is 0 Å². The molecule has 0 bridgehead atoms. The Morgan fingerprint density at radius 3 is 1.83 bits per heavy atom. The van der Waals surface area contributed by atoms with Crippen LogP contribution in [0.3, 0.4) is 0 Å². The van der Waals surface area contributed by atoms with Crippen LogP contribution in [0, 0.1) is 0 Å². The molecule has 0 saturated carbocycles. The molecule has 0 saturated heterocycles. The summed E-state index contributed by atoms with van der Waals surface area (Å²) in [5, 5.41) is 0. The lowest BCUT2D eigenvalue weighted by atomic mass is 10.1. The van der Waals surface area contributed by atoms with Crippen LogP contribution in [0.4, 0.5) is 0 Å². The molecular formula is C21H41N2+. The molecule has 0 unspecified atom stereocenters. The largest absolute Gasteiger partial charge is 0.254 e. The number of nitrogens with one attached hydrogen (secondary N) is 1. The number of imidazole rings is 1. The Hall–Kier alpha value is -0.790. The second kappa shape index (κ2) is 14.8. The van der Waals surface area contributed by atoms with Crippen molar-refractivity contribution in [1.82, 2.24) is 4.98 Å². The number of aromatic amines is 1. The van der Waals surface area contributed by atoms with Crippen molar-refractivity contribution in [2.45, 2.75) is 117 Å². The fourth-order valence-corrected chi connectivity index (χ4v) is 3.31. The minimum atomic E-state index is 1.20. The molecule has 0 aromatic carbocycles. The van der Waals surface area contributed by atoms with E-state index in [-0.39, 0.29) is 0 Å². The summed E-state index contributed by atoms with van der Waals surface area (Å²) in [7, 11) is 0. The van der Waals surface area contributed by atoms with Gasteiger partial charge in [0, 0.05) is 6.42 Å². The highest BCUT2D eigenvalue weighted by Gasteiger charge is 2.09. The zero-order chi connectivity index (χ0) is 16.6. The van der Waals surface area contributed by atoms with E-state index in [2.05, 4.69) is 35.8 Å². The predicted molar refractivity (Wildman–Crippen MR) is 101 cm³/mol. The maximum absolute atomic E-state index is 3.45. The number of hydrogen-bond acceptors (Lipinski definition) is 0.